The van der Waals surface area contributed by atoms with Crippen LogP contribution in [0.2, 0.25) is 0 Å². The normalized spacial score (nSPS) is 16.5. The molecule has 3 rings (SSSR count). The summed E-state index contributed by atoms with van der Waals surface area (Å²) >= 11 is 0. The number of ether oxygens (including phenoxy) is 1. The number of nitrogens with one attached hydrogen (secondary N) is 1. The molecule has 0 atom stereocenters. The fourth-order valence-electron chi connectivity index (χ4n) is 2.33. The van der Waals surface area contributed by atoms with E-state index in [1.807, 2.05) is 24.9 Å². The van der Waals surface area contributed by atoms with E-state index in [0.717, 1.165) is 43.5 Å². The second kappa shape index (κ2) is 5.62. The zero-order chi connectivity index (χ0) is 13.9. The van der Waals surface area contributed by atoms with Gasteiger partial charge in [0.15, 0.2) is 11.6 Å². The van der Waals surface area contributed by atoms with E-state index < -0.39 is 0 Å². The summed E-state index contributed by atoms with van der Waals surface area (Å²) in [5.74, 6) is 2.63. The Morgan fingerprint density at radius 1 is 1.40 bits per heavy atom. The van der Waals surface area contributed by atoms with E-state index >= 15 is 0 Å². The lowest BCUT2D eigenvalue weighted by Gasteiger charge is -2.18. The Morgan fingerprint density at radius 2 is 2.20 bits per heavy atom. The molecular weight excluding hydrogens is 258 g/mol. The first-order chi connectivity index (χ1) is 9.72. The minimum Gasteiger partial charge on any atom is -0.381 e. The average molecular weight is 277 g/mol. The van der Waals surface area contributed by atoms with Crippen molar-refractivity contribution in [3.05, 3.63) is 23.5 Å². The van der Waals surface area contributed by atoms with E-state index in [2.05, 4.69) is 20.3 Å². The first kappa shape index (κ1) is 13.1. The Labute approximate surface area is 117 Å². The summed E-state index contributed by atoms with van der Waals surface area (Å²) in [5, 5.41) is 11.2. The van der Waals surface area contributed by atoms with Gasteiger partial charge in [-0.2, -0.15) is 10.1 Å². The second-order valence-electron chi connectivity index (χ2n) is 5.20. The second-order valence-corrected chi connectivity index (χ2v) is 5.20. The SMILES string of the molecule is Cc1cc(N(C)Cc2noc(C3CCOCC3)n2)n[nH]1. The molecule has 2 aromatic heterocycles. The minimum absolute atomic E-state index is 0.336. The number of hydrogen-bond acceptors (Lipinski definition) is 6. The fourth-order valence-corrected chi connectivity index (χ4v) is 2.33. The van der Waals surface area contributed by atoms with Crippen LogP contribution in [0.1, 0.15) is 36.2 Å². The third-order valence-electron chi connectivity index (χ3n) is 3.52. The molecule has 0 saturated carbocycles. The maximum absolute atomic E-state index is 5.37. The molecule has 1 aliphatic rings. The molecular formula is C13H19N5O2. The van der Waals surface area contributed by atoms with Gasteiger partial charge in [-0.15, -0.1) is 0 Å². The number of rotatable bonds is 4. The number of aromatic amines is 1. The van der Waals surface area contributed by atoms with Gasteiger partial charge in [-0.25, -0.2) is 0 Å². The zero-order valence-corrected chi connectivity index (χ0v) is 11.8. The summed E-state index contributed by atoms with van der Waals surface area (Å²) in [6, 6.07) is 1.99. The van der Waals surface area contributed by atoms with Crippen molar-refractivity contribution in [3.8, 4) is 0 Å². The van der Waals surface area contributed by atoms with Gasteiger partial charge in [0.25, 0.3) is 0 Å². The zero-order valence-electron chi connectivity index (χ0n) is 11.8. The first-order valence-corrected chi connectivity index (χ1v) is 6.86. The van der Waals surface area contributed by atoms with Crippen molar-refractivity contribution in [3.63, 3.8) is 0 Å². The van der Waals surface area contributed by atoms with Crippen LogP contribution >= 0.6 is 0 Å². The smallest absolute Gasteiger partial charge is 0.229 e. The molecule has 1 aliphatic heterocycles. The molecule has 3 heterocycles. The number of aromatic nitrogens is 4. The molecule has 7 nitrogen and oxygen atoms in total. The van der Waals surface area contributed by atoms with Crippen LogP contribution < -0.4 is 4.90 Å². The summed E-state index contributed by atoms with van der Waals surface area (Å²) in [6.07, 6.45) is 1.91. The minimum atomic E-state index is 0.336. The lowest BCUT2D eigenvalue weighted by molar-refractivity contribution is 0.0778. The van der Waals surface area contributed by atoms with Gasteiger partial charge in [-0.05, 0) is 19.8 Å². The predicted molar refractivity (Wildman–Crippen MR) is 72.5 cm³/mol. The lowest BCUT2D eigenvalue weighted by atomic mass is 10.0. The highest BCUT2D eigenvalue weighted by Gasteiger charge is 2.22. The van der Waals surface area contributed by atoms with E-state index in [1.165, 1.54) is 0 Å². The van der Waals surface area contributed by atoms with Crippen LogP contribution in [0, 0.1) is 6.92 Å². The first-order valence-electron chi connectivity index (χ1n) is 6.86. The number of nitrogens with zero attached hydrogens (tertiary/aromatic N) is 4. The Kier molecular flexibility index (Phi) is 3.68. The maximum atomic E-state index is 5.37. The van der Waals surface area contributed by atoms with E-state index in [1.54, 1.807) is 0 Å². The topological polar surface area (TPSA) is 80.1 Å². The largest absolute Gasteiger partial charge is 0.381 e. The number of hydrogen-bond donors (Lipinski definition) is 1. The number of H-pyrrole nitrogens is 1. The van der Waals surface area contributed by atoms with Crippen molar-refractivity contribution < 1.29 is 9.26 Å². The van der Waals surface area contributed by atoms with Crippen molar-refractivity contribution in [2.45, 2.75) is 32.2 Å². The Morgan fingerprint density at radius 3 is 2.90 bits per heavy atom. The average Bonchev–Trinajstić information content (AvgIpc) is 3.09. The van der Waals surface area contributed by atoms with E-state index in [-0.39, 0.29) is 0 Å². The molecule has 108 valence electrons. The lowest BCUT2D eigenvalue weighted by Crippen LogP contribution is -2.18. The van der Waals surface area contributed by atoms with Crippen LogP contribution in [0.4, 0.5) is 5.82 Å². The van der Waals surface area contributed by atoms with Gasteiger partial charge >= 0.3 is 0 Å². The number of anilines is 1. The monoisotopic (exact) mass is 277 g/mol. The Hall–Kier alpha value is -1.89. The predicted octanol–water partition coefficient (Wildman–Crippen LogP) is 1.63. The molecule has 0 unspecified atom stereocenters. The molecule has 0 spiro atoms. The molecule has 0 bridgehead atoms. The molecule has 1 saturated heterocycles. The van der Waals surface area contributed by atoms with Crippen molar-refractivity contribution in [1.82, 2.24) is 20.3 Å². The Balaban J connectivity index is 1.64. The van der Waals surface area contributed by atoms with Crippen molar-refractivity contribution in [2.75, 3.05) is 25.2 Å². The van der Waals surface area contributed by atoms with Gasteiger partial charge in [-0.3, -0.25) is 5.10 Å². The van der Waals surface area contributed by atoms with Crippen molar-refractivity contribution in [1.29, 1.82) is 0 Å². The quantitative estimate of drug-likeness (QED) is 0.915. The summed E-state index contributed by atoms with van der Waals surface area (Å²) in [5.41, 5.74) is 1.03. The van der Waals surface area contributed by atoms with Gasteiger partial charge in [0.2, 0.25) is 5.89 Å². The van der Waals surface area contributed by atoms with E-state index in [0.29, 0.717) is 18.3 Å². The van der Waals surface area contributed by atoms with Crippen LogP contribution in [-0.4, -0.2) is 40.6 Å². The number of aryl methyl sites for hydroxylation is 1. The summed E-state index contributed by atoms with van der Waals surface area (Å²) in [6.45, 7) is 4.10. The van der Waals surface area contributed by atoms with Crippen LogP contribution in [0.5, 0.6) is 0 Å². The van der Waals surface area contributed by atoms with E-state index in [9.17, 15) is 0 Å². The molecule has 1 fully saturated rings. The van der Waals surface area contributed by atoms with Crippen LogP contribution in [0.15, 0.2) is 10.6 Å². The maximum Gasteiger partial charge on any atom is 0.229 e. The summed E-state index contributed by atoms with van der Waals surface area (Å²) < 4.78 is 10.7. The molecule has 0 amide bonds. The third-order valence-corrected chi connectivity index (χ3v) is 3.52. The van der Waals surface area contributed by atoms with Gasteiger partial charge in [-0.1, -0.05) is 5.16 Å². The molecule has 1 N–H and O–H groups in total. The summed E-state index contributed by atoms with van der Waals surface area (Å²) in [4.78, 5) is 6.48. The molecule has 2 aromatic rings. The van der Waals surface area contributed by atoms with Gasteiger partial charge in [0, 0.05) is 37.9 Å². The van der Waals surface area contributed by atoms with Gasteiger partial charge in [0.1, 0.15) is 0 Å². The fraction of sp³-hybridized carbons (Fsp3) is 0.615. The molecule has 0 aromatic carbocycles. The molecule has 7 heteroatoms. The highest BCUT2D eigenvalue weighted by Crippen LogP contribution is 2.25. The van der Waals surface area contributed by atoms with Crippen molar-refractivity contribution >= 4 is 5.82 Å². The molecule has 20 heavy (non-hydrogen) atoms. The highest BCUT2D eigenvalue weighted by molar-refractivity contribution is 5.37. The molecule has 0 radical (unpaired) electrons. The van der Waals surface area contributed by atoms with Crippen LogP contribution in [-0.2, 0) is 11.3 Å². The van der Waals surface area contributed by atoms with E-state index in [4.69, 9.17) is 9.26 Å². The highest BCUT2D eigenvalue weighted by atomic mass is 16.5. The third kappa shape index (κ3) is 2.82. The summed E-state index contributed by atoms with van der Waals surface area (Å²) in [7, 11) is 1.96. The van der Waals surface area contributed by atoms with Crippen molar-refractivity contribution in [2.24, 2.45) is 0 Å². The molecule has 0 aliphatic carbocycles. The standard InChI is InChI=1S/C13H19N5O2/c1-9-7-12(16-15-9)18(2)8-11-14-13(20-17-11)10-3-5-19-6-4-10/h7,10H,3-6,8H2,1-2H3,(H,15,16). The van der Waals surface area contributed by atoms with Crippen LogP contribution in [0.3, 0.4) is 0 Å². The van der Waals surface area contributed by atoms with Gasteiger partial charge < -0.3 is 14.2 Å². The van der Waals surface area contributed by atoms with Gasteiger partial charge in [0.05, 0.1) is 6.54 Å². The Bertz CT molecular complexity index is 559. The van der Waals surface area contributed by atoms with Crippen LogP contribution in [0.25, 0.3) is 0 Å².